The van der Waals surface area contributed by atoms with Gasteiger partial charge in [-0.25, -0.2) is 5.84 Å². The van der Waals surface area contributed by atoms with Crippen LogP contribution in [0.25, 0.3) is 0 Å². The highest BCUT2D eigenvalue weighted by Crippen LogP contribution is 2.24. The highest BCUT2D eigenvalue weighted by Gasteiger charge is 2.20. The molecule has 3 N–H and O–H groups in total. The summed E-state index contributed by atoms with van der Waals surface area (Å²) >= 11 is 0. The van der Waals surface area contributed by atoms with Crippen LogP contribution in [0.3, 0.4) is 0 Å². The minimum atomic E-state index is -0.371. The Balaban J connectivity index is 2.00. The Kier molecular flexibility index (Phi) is 4.61. The van der Waals surface area contributed by atoms with E-state index in [1.807, 2.05) is 13.0 Å². The maximum atomic E-state index is 11.5. The molecule has 0 spiro atoms. The summed E-state index contributed by atoms with van der Waals surface area (Å²) in [7, 11) is 2.12. The summed E-state index contributed by atoms with van der Waals surface area (Å²) in [6, 6.07) is 2.55. The van der Waals surface area contributed by atoms with Gasteiger partial charge >= 0.3 is 5.91 Å². The summed E-state index contributed by atoms with van der Waals surface area (Å²) < 4.78 is 5.59. The van der Waals surface area contributed by atoms with Gasteiger partial charge in [-0.05, 0) is 32.9 Å². The zero-order valence-corrected chi connectivity index (χ0v) is 11.7. The summed E-state index contributed by atoms with van der Waals surface area (Å²) in [6.07, 6.45) is 6.49. The molecule has 19 heavy (non-hydrogen) atoms. The van der Waals surface area contributed by atoms with Crippen LogP contribution in [0.5, 0.6) is 0 Å². The molecule has 5 nitrogen and oxygen atoms in total. The lowest BCUT2D eigenvalue weighted by Crippen LogP contribution is -2.32. The fraction of sp³-hybridized carbons (Fsp3) is 0.643. The summed E-state index contributed by atoms with van der Waals surface area (Å²) in [5.74, 6) is 5.90. The standard InChI is InChI=1S/C14H23N3O2/c1-10-8-12(19-13(10)14(18)16-15)9-17(2)11-6-4-3-5-7-11/h8,11H,3-7,9,15H2,1-2H3,(H,16,18). The van der Waals surface area contributed by atoms with E-state index in [0.29, 0.717) is 11.8 Å². The lowest BCUT2D eigenvalue weighted by Gasteiger charge is -2.30. The third kappa shape index (κ3) is 3.36. The Bertz CT molecular complexity index is 436. The molecule has 1 fully saturated rings. The van der Waals surface area contributed by atoms with Crippen molar-refractivity contribution in [2.75, 3.05) is 7.05 Å². The van der Waals surface area contributed by atoms with Gasteiger partial charge in [-0.2, -0.15) is 0 Å². The Morgan fingerprint density at radius 3 is 2.79 bits per heavy atom. The van der Waals surface area contributed by atoms with Crippen LogP contribution in [0.1, 0.15) is 54.0 Å². The molecule has 0 radical (unpaired) electrons. The van der Waals surface area contributed by atoms with Gasteiger partial charge in [0.05, 0.1) is 6.54 Å². The van der Waals surface area contributed by atoms with Crippen LogP contribution in [-0.4, -0.2) is 23.9 Å². The quantitative estimate of drug-likeness (QED) is 0.496. The summed E-state index contributed by atoms with van der Waals surface area (Å²) in [5.41, 5.74) is 2.93. The van der Waals surface area contributed by atoms with Crippen molar-refractivity contribution in [3.8, 4) is 0 Å². The molecular weight excluding hydrogens is 242 g/mol. The van der Waals surface area contributed by atoms with Gasteiger partial charge in [0.25, 0.3) is 0 Å². The van der Waals surface area contributed by atoms with E-state index in [-0.39, 0.29) is 5.91 Å². The fourth-order valence-corrected chi connectivity index (χ4v) is 2.81. The summed E-state index contributed by atoms with van der Waals surface area (Å²) in [6.45, 7) is 2.60. The molecule has 5 heteroatoms. The lowest BCUT2D eigenvalue weighted by molar-refractivity contribution is 0.0919. The van der Waals surface area contributed by atoms with E-state index in [0.717, 1.165) is 17.9 Å². The van der Waals surface area contributed by atoms with Gasteiger partial charge in [0.15, 0.2) is 5.76 Å². The van der Waals surface area contributed by atoms with Crippen molar-refractivity contribution in [3.63, 3.8) is 0 Å². The Morgan fingerprint density at radius 1 is 1.47 bits per heavy atom. The van der Waals surface area contributed by atoms with Crippen LogP contribution in [0.4, 0.5) is 0 Å². The smallest absolute Gasteiger partial charge is 0.301 e. The molecule has 1 saturated carbocycles. The van der Waals surface area contributed by atoms with Crippen LogP contribution in [-0.2, 0) is 6.54 Å². The van der Waals surface area contributed by atoms with Crippen molar-refractivity contribution in [2.45, 2.75) is 51.6 Å². The number of nitrogens with one attached hydrogen (secondary N) is 1. The highest BCUT2D eigenvalue weighted by molar-refractivity contribution is 5.92. The van der Waals surface area contributed by atoms with Gasteiger partial charge in [0.2, 0.25) is 0 Å². The number of aryl methyl sites for hydroxylation is 1. The minimum Gasteiger partial charge on any atom is -0.454 e. The van der Waals surface area contributed by atoms with Crippen molar-refractivity contribution in [2.24, 2.45) is 5.84 Å². The Morgan fingerprint density at radius 2 is 2.16 bits per heavy atom. The van der Waals surface area contributed by atoms with E-state index in [2.05, 4.69) is 17.4 Å². The first-order valence-corrected chi connectivity index (χ1v) is 6.92. The molecule has 0 unspecified atom stereocenters. The molecule has 1 amide bonds. The monoisotopic (exact) mass is 265 g/mol. The van der Waals surface area contributed by atoms with Crippen molar-refractivity contribution in [3.05, 3.63) is 23.2 Å². The zero-order valence-electron chi connectivity index (χ0n) is 11.7. The Hall–Kier alpha value is -1.33. The van der Waals surface area contributed by atoms with E-state index in [4.69, 9.17) is 10.3 Å². The van der Waals surface area contributed by atoms with E-state index >= 15 is 0 Å². The third-order valence-corrected chi connectivity index (χ3v) is 3.91. The second-order valence-electron chi connectivity index (χ2n) is 5.41. The molecule has 106 valence electrons. The molecular formula is C14H23N3O2. The summed E-state index contributed by atoms with van der Waals surface area (Å²) in [5, 5.41) is 0. The van der Waals surface area contributed by atoms with Crippen LogP contribution in [0.15, 0.2) is 10.5 Å². The van der Waals surface area contributed by atoms with Gasteiger partial charge in [-0.1, -0.05) is 19.3 Å². The molecule has 2 rings (SSSR count). The molecule has 1 aliphatic carbocycles. The van der Waals surface area contributed by atoms with Crippen molar-refractivity contribution in [1.29, 1.82) is 0 Å². The number of nitrogens with zero attached hydrogens (tertiary/aromatic N) is 1. The van der Waals surface area contributed by atoms with Gasteiger partial charge in [-0.15, -0.1) is 0 Å². The van der Waals surface area contributed by atoms with E-state index in [9.17, 15) is 4.79 Å². The summed E-state index contributed by atoms with van der Waals surface area (Å²) in [4.78, 5) is 13.8. The predicted molar refractivity (Wildman–Crippen MR) is 73.4 cm³/mol. The first kappa shape index (κ1) is 14.1. The fourth-order valence-electron chi connectivity index (χ4n) is 2.81. The number of hydrogen-bond acceptors (Lipinski definition) is 4. The van der Waals surface area contributed by atoms with E-state index in [1.54, 1.807) is 0 Å². The number of nitrogen functional groups attached to an aromatic ring is 1. The van der Waals surface area contributed by atoms with E-state index < -0.39 is 0 Å². The molecule has 0 aliphatic heterocycles. The number of hydrazine groups is 1. The minimum absolute atomic E-state index is 0.314. The number of furan rings is 1. The van der Waals surface area contributed by atoms with Gasteiger partial charge in [-0.3, -0.25) is 15.1 Å². The normalized spacial score (nSPS) is 16.8. The maximum Gasteiger partial charge on any atom is 0.301 e. The number of carbonyl (C=O) groups is 1. The van der Waals surface area contributed by atoms with Crippen LogP contribution < -0.4 is 11.3 Å². The first-order chi connectivity index (χ1) is 9.11. The molecule has 0 aromatic carbocycles. The van der Waals surface area contributed by atoms with E-state index in [1.165, 1.54) is 32.1 Å². The predicted octanol–water partition coefficient (Wildman–Crippen LogP) is 1.96. The SMILES string of the molecule is Cc1cc(CN(C)C2CCCCC2)oc1C(=O)NN. The average molecular weight is 265 g/mol. The molecule has 1 heterocycles. The number of nitrogens with two attached hydrogens (primary N) is 1. The van der Waals surface area contributed by atoms with Crippen molar-refractivity contribution in [1.82, 2.24) is 10.3 Å². The van der Waals surface area contributed by atoms with Crippen molar-refractivity contribution < 1.29 is 9.21 Å². The topological polar surface area (TPSA) is 71.5 Å². The van der Waals surface area contributed by atoms with Crippen molar-refractivity contribution >= 4 is 5.91 Å². The number of hydrogen-bond donors (Lipinski definition) is 2. The molecule has 1 aromatic heterocycles. The number of carbonyl (C=O) groups excluding carboxylic acids is 1. The second kappa shape index (κ2) is 6.21. The molecule has 0 bridgehead atoms. The largest absolute Gasteiger partial charge is 0.454 e. The number of amides is 1. The number of rotatable bonds is 4. The van der Waals surface area contributed by atoms with Gasteiger partial charge < -0.3 is 4.42 Å². The maximum absolute atomic E-state index is 11.5. The third-order valence-electron chi connectivity index (χ3n) is 3.91. The zero-order chi connectivity index (χ0) is 13.8. The Labute approximate surface area is 114 Å². The van der Waals surface area contributed by atoms with Gasteiger partial charge in [0, 0.05) is 11.6 Å². The molecule has 0 atom stereocenters. The average Bonchev–Trinajstić information content (AvgIpc) is 2.79. The van der Waals surface area contributed by atoms with Gasteiger partial charge in [0.1, 0.15) is 5.76 Å². The molecule has 1 aliphatic rings. The lowest BCUT2D eigenvalue weighted by atomic mass is 9.94. The van der Waals surface area contributed by atoms with Crippen LogP contribution >= 0.6 is 0 Å². The van der Waals surface area contributed by atoms with Crippen LogP contribution in [0.2, 0.25) is 0 Å². The van der Waals surface area contributed by atoms with Crippen LogP contribution in [0, 0.1) is 6.92 Å². The second-order valence-corrected chi connectivity index (χ2v) is 5.41. The molecule has 0 saturated heterocycles. The molecule has 1 aromatic rings. The first-order valence-electron chi connectivity index (χ1n) is 6.92. The highest BCUT2D eigenvalue weighted by atomic mass is 16.4.